The number of anilines is 1. The number of para-hydroxylation sites is 1. The quantitative estimate of drug-likeness (QED) is 0.845. The van der Waals surface area contributed by atoms with Crippen molar-refractivity contribution in [3.05, 3.63) is 29.0 Å². The summed E-state index contributed by atoms with van der Waals surface area (Å²) in [5.41, 5.74) is 0.948. The van der Waals surface area contributed by atoms with E-state index in [9.17, 15) is 0 Å². The van der Waals surface area contributed by atoms with Crippen LogP contribution in [0.4, 0.5) is 5.82 Å². The molecule has 0 aliphatic carbocycles. The van der Waals surface area contributed by atoms with Crippen LogP contribution in [0.25, 0.3) is 10.9 Å². The second kappa shape index (κ2) is 8.06. The van der Waals surface area contributed by atoms with Crippen LogP contribution in [0.1, 0.15) is 6.92 Å². The van der Waals surface area contributed by atoms with Gasteiger partial charge in [0.05, 0.1) is 5.52 Å². The van der Waals surface area contributed by atoms with E-state index >= 15 is 0 Å². The summed E-state index contributed by atoms with van der Waals surface area (Å²) in [6, 6.07) is 6.42. The van der Waals surface area contributed by atoms with Gasteiger partial charge in [0.25, 0.3) is 0 Å². The largest absolute Gasteiger partial charge is 0.366 e. The minimum atomic E-state index is 0. The first-order valence-corrected chi connectivity index (χ1v) is 8.12. The Labute approximate surface area is 145 Å². The number of nitrogens with one attached hydrogen (secondary N) is 2. The number of benzene rings is 1. The van der Waals surface area contributed by atoms with Crippen LogP contribution in [0.15, 0.2) is 29.0 Å². The highest BCUT2D eigenvalue weighted by Crippen LogP contribution is 2.26. The summed E-state index contributed by atoms with van der Waals surface area (Å²) >= 11 is 3.54. The smallest absolute Gasteiger partial charge is 0.137 e. The van der Waals surface area contributed by atoms with Crippen LogP contribution >= 0.6 is 28.3 Å². The van der Waals surface area contributed by atoms with Crippen molar-refractivity contribution in [3.63, 3.8) is 0 Å². The van der Waals surface area contributed by atoms with Gasteiger partial charge in [0.1, 0.15) is 12.1 Å². The van der Waals surface area contributed by atoms with E-state index in [0.29, 0.717) is 6.04 Å². The van der Waals surface area contributed by atoms with E-state index in [0.717, 1.165) is 53.9 Å². The van der Waals surface area contributed by atoms with Crippen molar-refractivity contribution < 1.29 is 0 Å². The molecule has 7 heteroatoms. The van der Waals surface area contributed by atoms with Crippen LogP contribution < -0.4 is 10.6 Å². The molecule has 0 unspecified atom stereocenters. The Kier molecular flexibility index (Phi) is 6.37. The van der Waals surface area contributed by atoms with Crippen LogP contribution in [0.3, 0.4) is 0 Å². The minimum absolute atomic E-state index is 0. The Morgan fingerprint density at radius 1 is 1.32 bits per heavy atom. The van der Waals surface area contributed by atoms with Crippen LogP contribution in [0.5, 0.6) is 0 Å². The molecule has 1 aromatic carbocycles. The lowest BCUT2D eigenvalue weighted by atomic mass is 10.2. The molecule has 5 nitrogen and oxygen atoms in total. The zero-order valence-electron chi connectivity index (χ0n) is 12.6. The van der Waals surface area contributed by atoms with Crippen LogP contribution in [0, 0.1) is 0 Å². The maximum Gasteiger partial charge on any atom is 0.137 e. The number of halogens is 2. The molecule has 22 heavy (non-hydrogen) atoms. The highest BCUT2D eigenvalue weighted by Gasteiger charge is 2.14. The molecule has 0 bridgehead atoms. The van der Waals surface area contributed by atoms with Gasteiger partial charge in [-0.3, -0.25) is 4.90 Å². The summed E-state index contributed by atoms with van der Waals surface area (Å²) < 4.78 is 1.00. The van der Waals surface area contributed by atoms with Crippen molar-refractivity contribution >= 4 is 45.1 Å². The van der Waals surface area contributed by atoms with Crippen LogP contribution in [-0.2, 0) is 0 Å². The number of hydrogen-bond acceptors (Lipinski definition) is 5. The van der Waals surface area contributed by atoms with Gasteiger partial charge < -0.3 is 10.6 Å². The average Bonchev–Trinajstić information content (AvgIpc) is 2.49. The van der Waals surface area contributed by atoms with E-state index in [-0.39, 0.29) is 12.4 Å². The van der Waals surface area contributed by atoms with Crippen molar-refractivity contribution in [1.82, 2.24) is 20.2 Å². The lowest BCUT2D eigenvalue weighted by Crippen LogP contribution is -2.47. The molecule has 0 spiro atoms. The topological polar surface area (TPSA) is 53.1 Å². The summed E-state index contributed by atoms with van der Waals surface area (Å²) in [6.07, 6.45) is 1.62. The molecule has 120 valence electrons. The fourth-order valence-electron chi connectivity index (χ4n) is 2.73. The van der Waals surface area contributed by atoms with Crippen molar-refractivity contribution in [2.24, 2.45) is 0 Å². The average molecular weight is 387 g/mol. The first-order valence-electron chi connectivity index (χ1n) is 7.33. The van der Waals surface area contributed by atoms with E-state index in [1.807, 2.05) is 12.1 Å². The summed E-state index contributed by atoms with van der Waals surface area (Å²) in [5, 5.41) is 7.96. The molecule has 1 fully saturated rings. The van der Waals surface area contributed by atoms with Crippen molar-refractivity contribution in [3.8, 4) is 0 Å². The zero-order valence-corrected chi connectivity index (χ0v) is 15.0. The fraction of sp³-hybridized carbons (Fsp3) is 0.467. The molecule has 1 atom stereocenters. The predicted molar refractivity (Wildman–Crippen MR) is 96.9 cm³/mol. The molecule has 0 amide bonds. The number of piperazine rings is 1. The van der Waals surface area contributed by atoms with Gasteiger partial charge >= 0.3 is 0 Å². The molecule has 0 saturated carbocycles. The first kappa shape index (κ1) is 17.4. The third-order valence-electron chi connectivity index (χ3n) is 3.74. The van der Waals surface area contributed by atoms with E-state index < -0.39 is 0 Å². The van der Waals surface area contributed by atoms with Gasteiger partial charge in [-0.15, -0.1) is 12.4 Å². The second-order valence-corrected chi connectivity index (χ2v) is 6.31. The summed E-state index contributed by atoms with van der Waals surface area (Å²) in [7, 11) is 0. The normalized spacial score (nSPS) is 17.0. The Hall–Kier alpha value is -0.950. The van der Waals surface area contributed by atoms with Gasteiger partial charge in [0.15, 0.2) is 0 Å². The first-order chi connectivity index (χ1) is 10.2. The number of nitrogens with zero attached hydrogens (tertiary/aromatic N) is 3. The highest BCUT2D eigenvalue weighted by atomic mass is 79.9. The van der Waals surface area contributed by atoms with E-state index in [4.69, 9.17) is 0 Å². The van der Waals surface area contributed by atoms with Crippen molar-refractivity contribution in [2.45, 2.75) is 13.0 Å². The number of hydrogen-bond donors (Lipinski definition) is 2. The predicted octanol–water partition coefficient (Wildman–Crippen LogP) is 2.52. The molecule has 0 radical (unpaired) electrons. The fourth-order valence-corrected chi connectivity index (χ4v) is 3.20. The monoisotopic (exact) mass is 385 g/mol. The Morgan fingerprint density at radius 2 is 2.09 bits per heavy atom. The van der Waals surface area contributed by atoms with Gasteiger partial charge in [-0.1, -0.05) is 6.07 Å². The van der Waals surface area contributed by atoms with E-state index in [2.05, 4.69) is 54.4 Å². The summed E-state index contributed by atoms with van der Waals surface area (Å²) in [4.78, 5) is 11.2. The Balaban J connectivity index is 0.00000176. The third kappa shape index (κ3) is 4.07. The third-order valence-corrected chi connectivity index (χ3v) is 4.38. The van der Waals surface area contributed by atoms with Crippen LogP contribution in [0.2, 0.25) is 0 Å². The lowest BCUT2D eigenvalue weighted by Gasteiger charge is -2.30. The number of rotatable bonds is 4. The van der Waals surface area contributed by atoms with Gasteiger partial charge in [-0.05, 0) is 35.0 Å². The molecular formula is C15H21BrClN5. The van der Waals surface area contributed by atoms with Crippen LogP contribution in [-0.4, -0.2) is 53.6 Å². The number of aromatic nitrogens is 2. The molecule has 3 rings (SSSR count). The standard InChI is InChI=1S/C15H20BrN5.ClH/c1-11(9-21-7-5-17-6-8-21)20-15-12-3-2-4-13(16)14(12)18-10-19-15;/h2-4,10-11,17H,5-9H2,1H3,(H,18,19,20);1H/t11-;/m0./s1. The Bertz CT molecular complexity index is 618. The molecule has 2 N–H and O–H groups in total. The summed E-state index contributed by atoms with van der Waals surface area (Å²) in [6.45, 7) is 7.62. The molecule has 1 aliphatic heterocycles. The molecule has 1 saturated heterocycles. The zero-order chi connectivity index (χ0) is 14.7. The minimum Gasteiger partial charge on any atom is -0.366 e. The SMILES string of the molecule is C[C@@H](CN1CCNCC1)Nc1ncnc2c(Br)cccc12.Cl. The van der Waals surface area contributed by atoms with E-state index in [1.54, 1.807) is 6.33 Å². The van der Waals surface area contributed by atoms with Crippen molar-refractivity contribution in [1.29, 1.82) is 0 Å². The second-order valence-electron chi connectivity index (χ2n) is 5.45. The molecule has 1 aromatic heterocycles. The van der Waals surface area contributed by atoms with Gasteiger partial charge in [-0.25, -0.2) is 9.97 Å². The lowest BCUT2D eigenvalue weighted by molar-refractivity contribution is 0.235. The van der Waals surface area contributed by atoms with Gasteiger partial charge in [0.2, 0.25) is 0 Å². The molecule has 2 aromatic rings. The number of fused-ring (bicyclic) bond motifs is 1. The maximum atomic E-state index is 4.41. The molecule has 2 heterocycles. The summed E-state index contributed by atoms with van der Waals surface area (Å²) in [5.74, 6) is 0.906. The van der Waals surface area contributed by atoms with E-state index in [1.165, 1.54) is 0 Å². The highest BCUT2D eigenvalue weighted by molar-refractivity contribution is 9.10. The van der Waals surface area contributed by atoms with Crippen molar-refractivity contribution in [2.75, 3.05) is 38.0 Å². The molecule has 1 aliphatic rings. The molecular weight excluding hydrogens is 366 g/mol. The van der Waals surface area contributed by atoms with Gasteiger partial charge in [0, 0.05) is 48.6 Å². The Morgan fingerprint density at radius 3 is 2.86 bits per heavy atom. The maximum absolute atomic E-state index is 4.41. The van der Waals surface area contributed by atoms with Gasteiger partial charge in [-0.2, -0.15) is 0 Å².